The molecule has 0 aromatic carbocycles. The molecule has 0 N–H and O–H groups in total. The van der Waals surface area contributed by atoms with Gasteiger partial charge in [-0.2, -0.15) is 0 Å². The van der Waals surface area contributed by atoms with Gasteiger partial charge in [0.2, 0.25) is 5.91 Å². The van der Waals surface area contributed by atoms with Crippen LogP contribution in [0.25, 0.3) is 0 Å². The van der Waals surface area contributed by atoms with Crippen molar-refractivity contribution in [3.63, 3.8) is 0 Å². The van der Waals surface area contributed by atoms with Gasteiger partial charge in [0.15, 0.2) is 0 Å². The Morgan fingerprint density at radius 3 is 2.69 bits per heavy atom. The summed E-state index contributed by atoms with van der Waals surface area (Å²) in [5.41, 5.74) is 0. The van der Waals surface area contributed by atoms with Gasteiger partial charge in [0, 0.05) is 26.1 Å². The maximum atomic E-state index is 11.7. The molecule has 16 heavy (non-hydrogen) atoms. The van der Waals surface area contributed by atoms with Crippen LogP contribution < -0.4 is 0 Å². The number of carbonyl (C=O) groups is 2. The lowest BCUT2D eigenvalue weighted by Gasteiger charge is -2.31. The largest absolute Gasteiger partial charge is 0.345 e. The quantitative estimate of drug-likeness (QED) is 0.711. The predicted molar refractivity (Wildman–Crippen MR) is 63.2 cm³/mol. The Labute approximate surface area is 97.6 Å². The number of likely N-dealkylation sites (tertiary alicyclic amines) is 1. The van der Waals surface area contributed by atoms with Gasteiger partial charge in [-0.05, 0) is 33.2 Å². The Balaban J connectivity index is 2.43. The first-order chi connectivity index (χ1) is 7.54. The molecule has 92 valence electrons. The molecule has 1 unspecified atom stereocenters. The minimum atomic E-state index is 0.133. The van der Waals surface area contributed by atoms with Gasteiger partial charge in [-0.25, -0.2) is 0 Å². The number of amides is 1. The van der Waals surface area contributed by atoms with Gasteiger partial charge >= 0.3 is 0 Å². The molecule has 0 aliphatic carbocycles. The first-order valence-electron chi connectivity index (χ1n) is 6.01. The summed E-state index contributed by atoms with van der Waals surface area (Å²) in [5, 5.41) is 0. The van der Waals surface area contributed by atoms with Crippen LogP contribution >= 0.6 is 0 Å². The molecule has 1 fully saturated rings. The molecule has 0 bridgehead atoms. The van der Waals surface area contributed by atoms with Crippen LogP contribution in [0.4, 0.5) is 0 Å². The molecule has 0 aromatic heterocycles. The summed E-state index contributed by atoms with van der Waals surface area (Å²) in [7, 11) is 1.81. The van der Waals surface area contributed by atoms with Crippen molar-refractivity contribution < 1.29 is 9.59 Å². The normalized spacial score (nSPS) is 21.8. The Morgan fingerprint density at radius 1 is 1.44 bits per heavy atom. The first-order valence-corrected chi connectivity index (χ1v) is 6.01. The molecular weight excluding hydrogens is 204 g/mol. The number of Topliss-reactive ketones (excluding diaryl/α,β-unsaturated/α-hetero) is 1. The lowest BCUT2D eigenvalue weighted by atomic mass is 9.94. The number of nitrogens with zero attached hydrogens (tertiary/aromatic N) is 2. The number of rotatable bonds is 4. The van der Waals surface area contributed by atoms with Crippen molar-refractivity contribution in [2.75, 3.05) is 33.2 Å². The summed E-state index contributed by atoms with van der Waals surface area (Å²) in [6.45, 7) is 6.49. The van der Waals surface area contributed by atoms with Crippen molar-refractivity contribution in [1.82, 2.24) is 9.80 Å². The van der Waals surface area contributed by atoms with E-state index in [0.717, 1.165) is 32.5 Å². The zero-order chi connectivity index (χ0) is 12.1. The Kier molecular flexibility index (Phi) is 4.93. The third-order valence-electron chi connectivity index (χ3n) is 3.34. The van der Waals surface area contributed by atoms with Crippen LogP contribution in [0.3, 0.4) is 0 Å². The number of hydrogen-bond donors (Lipinski definition) is 0. The van der Waals surface area contributed by atoms with Crippen LogP contribution in [-0.2, 0) is 9.59 Å². The van der Waals surface area contributed by atoms with E-state index in [2.05, 4.69) is 4.90 Å². The molecule has 0 saturated carbocycles. The zero-order valence-corrected chi connectivity index (χ0v) is 10.5. The van der Waals surface area contributed by atoms with E-state index in [1.54, 1.807) is 11.8 Å². The minimum absolute atomic E-state index is 0.133. The number of carbonyl (C=O) groups excluding carboxylic acids is 2. The summed E-state index contributed by atoms with van der Waals surface area (Å²) in [6, 6.07) is 0. The monoisotopic (exact) mass is 226 g/mol. The highest BCUT2D eigenvalue weighted by atomic mass is 16.2. The lowest BCUT2D eigenvalue weighted by Crippen LogP contribution is -2.44. The summed E-state index contributed by atoms with van der Waals surface area (Å²) >= 11 is 0. The molecule has 0 radical (unpaired) electrons. The zero-order valence-electron chi connectivity index (χ0n) is 10.5. The average Bonchev–Trinajstić information content (AvgIpc) is 2.28. The molecule has 1 saturated heterocycles. The van der Waals surface area contributed by atoms with Gasteiger partial charge in [-0.1, -0.05) is 0 Å². The highest BCUT2D eigenvalue weighted by Crippen LogP contribution is 2.16. The predicted octanol–water partition coefficient (Wildman–Crippen LogP) is 0.766. The highest BCUT2D eigenvalue weighted by molar-refractivity contribution is 5.79. The van der Waals surface area contributed by atoms with Crippen LogP contribution in [0.1, 0.15) is 26.7 Å². The van der Waals surface area contributed by atoms with Gasteiger partial charge < -0.3 is 4.90 Å². The maximum absolute atomic E-state index is 11.7. The molecule has 0 spiro atoms. The van der Waals surface area contributed by atoms with Gasteiger partial charge in [0.1, 0.15) is 5.78 Å². The Morgan fingerprint density at radius 2 is 2.12 bits per heavy atom. The van der Waals surface area contributed by atoms with E-state index in [1.807, 2.05) is 14.0 Å². The van der Waals surface area contributed by atoms with Crippen molar-refractivity contribution in [2.24, 2.45) is 5.92 Å². The molecule has 1 heterocycles. The highest BCUT2D eigenvalue weighted by Gasteiger charge is 2.24. The molecule has 4 nitrogen and oxygen atoms in total. The van der Waals surface area contributed by atoms with Gasteiger partial charge in [0.05, 0.1) is 6.54 Å². The van der Waals surface area contributed by atoms with Crippen molar-refractivity contribution >= 4 is 11.7 Å². The number of piperidine rings is 1. The van der Waals surface area contributed by atoms with Crippen molar-refractivity contribution in [3.05, 3.63) is 0 Å². The van der Waals surface area contributed by atoms with Crippen LogP contribution in [0.2, 0.25) is 0 Å². The average molecular weight is 226 g/mol. The Bertz CT molecular complexity index is 266. The van der Waals surface area contributed by atoms with E-state index >= 15 is 0 Å². The van der Waals surface area contributed by atoms with Crippen LogP contribution in [0.15, 0.2) is 0 Å². The van der Waals surface area contributed by atoms with Crippen molar-refractivity contribution in [1.29, 1.82) is 0 Å². The minimum Gasteiger partial charge on any atom is -0.345 e. The second kappa shape index (κ2) is 5.99. The molecule has 1 atom stereocenters. The topological polar surface area (TPSA) is 40.6 Å². The molecular formula is C12H22N2O2. The van der Waals surface area contributed by atoms with Crippen LogP contribution in [-0.4, -0.2) is 54.7 Å². The fourth-order valence-electron chi connectivity index (χ4n) is 2.02. The van der Waals surface area contributed by atoms with Gasteiger partial charge in [0.25, 0.3) is 0 Å². The molecule has 0 aromatic rings. The second-order valence-corrected chi connectivity index (χ2v) is 4.59. The molecule has 1 aliphatic heterocycles. The van der Waals surface area contributed by atoms with E-state index in [0.29, 0.717) is 6.54 Å². The second-order valence-electron chi connectivity index (χ2n) is 4.59. The third-order valence-corrected chi connectivity index (χ3v) is 3.34. The van der Waals surface area contributed by atoms with Crippen molar-refractivity contribution in [3.8, 4) is 0 Å². The lowest BCUT2D eigenvalue weighted by molar-refractivity contribution is -0.132. The summed E-state index contributed by atoms with van der Waals surface area (Å²) in [4.78, 5) is 26.8. The fourth-order valence-corrected chi connectivity index (χ4v) is 2.02. The smallest absolute Gasteiger partial charge is 0.236 e. The first kappa shape index (κ1) is 13.2. The van der Waals surface area contributed by atoms with E-state index in [1.165, 1.54) is 0 Å². The van der Waals surface area contributed by atoms with E-state index in [4.69, 9.17) is 0 Å². The standard InChI is InChI=1S/C12H22N2O2/c1-4-13(3)12(16)9-14-7-5-6-11(8-14)10(2)15/h11H,4-9H2,1-3H3. The fraction of sp³-hybridized carbons (Fsp3) is 0.833. The summed E-state index contributed by atoms with van der Waals surface area (Å²) in [6.07, 6.45) is 2.00. The molecule has 1 aliphatic rings. The Hall–Kier alpha value is -0.900. The summed E-state index contributed by atoms with van der Waals surface area (Å²) in [5.74, 6) is 0.529. The van der Waals surface area contributed by atoms with Gasteiger partial charge in [-0.3, -0.25) is 14.5 Å². The van der Waals surface area contributed by atoms with E-state index in [-0.39, 0.29) is 17.6 Å². The number of likely N-dealkylation sites (N-methyl/N-ethyl adjacent to an activating group) is 1. The van der Waals surface area contributed by atoms with Crippen molar-refractivity contribution in [2.45, 2.75) is 26.7 Å². The third kappa shape index (κ3) is 3.59. The van der Waals surface area contributed by atoms with E-state index < -0.39 is 0 Å². The molecule has 4 heteroatoms. The molecule has 1 amide bonds. The summed E-state index contributed by atoms with van der Waals surface area (Å²) < 4.78 is 0. The number of ketones is 1. The maximum Gasteiger partial charge on any atom is 0.236 e. The van der Waals surface area contributed by atoms with Crippen LogP contribution in [0, 0.1) is 5.92 Å². The van der Waals surface area contributed by atoms with Crippen LogP contribution in [0.5, 0.6) is 0 Å². The molecule has 1 rings (SSSR count). The van der Waals surface area contributed by atoms with Gasteiger partial charge in [-0.15, -0.1) is 0 Å². The number of hydrogen-bond acceptors (Lipinski definition) is 3. The van der Waals surface area contributed by atoms with E-state index in [9.17, 15) is 9.59 Å². The SMILES string of the molecule is CCN(C)C(=O)CN1CCCC(C(C)=O)C1.